The molecule has 1 saturated heterocycles. The van der Waals surface area contributed by atoms with E-state index in [1.807, 2.05) is 17.9 Å². The van der Waals surface area contributed by atoms with Crippen molar-refractivity contribution in [3.05, 3.63) is 30.0 Å². The molecule has 0 radical (unpaired) electrons. The fraction of sp³-hybridized carbons (Fsp3) is 0.429. The lowest BCUT2D eigenvalue weighted by molar-refractivity contribution is 0.132. The van der Waals surface area contributed by atoms with Gasteiger partial charge in [-0.25, -0.2) is 4.79 Å². The summed E-state index contributed by atoms with van der Waals surface area (Å²) >= 11 is 0. The first kappa shape index (κ1) is 12.0. The molecule has 1 amide bonds. The molecule has 1 fully saturated rings. The smallest absolute Gasteiger partial charge is 0.407 e. The lowest BCUT2D eigenvalue weighted by atomic mass is 9.89. The zero-order valence-electron chi connectivity index (χ0n) is 10.9. The minimum absolute atomic E-state index is 0.459. The van der Waals surface area contributed by atoms with Crippen LogP contribution in [0.2, 0.25) is 0 Å². The number of aromatic nitrogens is 2. The Morgan fingerprint density at radius 1 is 1.37 bits per heavy atom. The third-order valence-corrected chi connectivity index (χ3v) is 4.01. The van der Waals surface area contributed by atoms with Crippen molar-refractivity contribution in [1.29, 1.82) is 0 Å². The predicted molar refractivity (Wildman–Crippen MR) is 72.3 cm³/mol. The van der Waals surface area contributed by atoms with Crippen molar-refractivity contribution in [3.63, 3.8) is 0 Å². The average Bonchev–Trinajstić information content (AvgIpc) is 2.80. The second-order valence-electron chi connectivity index (χ2n) is 5.13. The number of aryl methyl sites for hydroxylation is 1. The van der Waals surface area contributed by atoms with E-state index in [4.69, 9.17) is 5.11 Å². The van der Waals surface area contributed by atoms with Crippen molar-refractivity contribution < 1.29 is 9.90 Å². The van der Waals surface area contributed by atoms with Crippen molar-refractivity contribution >= 4 is 17.0 Å². The Labute approximate surface area is 111 Å². The van der Waals surface area contributed by atoms with Gasteiger partial charge in [-0.05, 0) is 36.5 Å². The number of hydrogen-bond acceptors (Lipinski definition) is 2. The molecule has 3 rings (SSSR count). The van der Waals surface area contributed by atoms with Gasteiger partial charge in [-0.1, -0.05) is 6.07 Å². The van der Waals surface area contributed by atoms with Crippen molar-refractivity contribution in [3.8, 4) is 0 Å². The summed E-state index contributed by atoms with van der Waals surface area (Å²) in [5.74, 6) is 0.459. The highest BCUT2D eigenvalue weighted by atomic mass is 16.4. The number of nitrogens with zero attached hydrogens (tertiary/aromatic N) is 3. The SMILES string of the molecule is Cn1ncc2cc(C3CCN(C(=O)O)CC3)ccc21. The van der Waals surface area contributed by atoms with E-state index in [1.54, 1.807) is 0 Å². The van der Waals surface area contributed by atoms with Crippen LogP contribution in [0.25, 0.3) is 10.9 Å². The summed E-state index contributed by atoms with van der Waals surface area (Å²) in [7, 11) is 1.94. The van der Waals surface area contributed by atoms with Gasteiger partial charge in [0, 0.05) is 25.5 Å². The Morgan fingerprint density at radius 2 is 2.11 bits per heavy atom. The molecule has 0 unspecified atom stereocenters. The molecule has 1 aromatic heterocycles. The molecule has 0 atom stereocenters. The Hall–Kier alpha value is -2.04. The van der Waals surface area contributed by atoms with Crippen molar-refractivity contribution in [1.82, 2.24) is 14.7 Å². The normalized spacial score (nSPS) is 17.0. The van der Waals surface area contributed by atoms with Crippen LogP contribution in [0.15, 0.2) is 24.4 Å². The van der Waals surface area contributed by atoms with E-state index < -0.39 is 6.09 Å². The lowest BCUT2D eigenvalue weighted by Gasteiger charge is -2.30. The highest BCUT2D eigenvalue weighted by molar-refractivity contribution is 5.79. The molecule has 1 aliphatic heterocycles. The molecule has 100 valence electrons. The quantitative estimate of drug-likeness (QED) is 0.855. The number of carbonyl (C=O) groups is 1. The molecule has 19 heavy (non-hydrogen) atoms. The zero-order valence-corrected chi connectivity index (χ0v) is 10.9. The molecular weight excluding hydrogens is 242 g/mol. The van der Waals surface area contributed by atoms with Crippen LogP contribution in [-0.4, -0.2) is 39.0 Å². The average molecular weight is 259 g/mol. The predicted octanol–water partition coefficient (Wildman–Crippen LogP) is 2.43. The molecule has 1 N–H and O–H groups in total. The number of fused-ring (bicyclic) bond motifs is 1. The maximum absolute atomic E-state index is 10.9. The molecule has 0 bridgehead atoms. The van der Waals surface area contributed by atoms with Crippen LogP contribution in [0.5, 0.6) is 0 Å². The fourth-order valence-corrected chi connectivity index (χ4v) is 2.84. The van der Waals surface area contributed by atoms with Gasteiger partial charge in [-0.15, -0.1) is 0 Å². The maximum Gasteiger partial charge on any atom is 0.407 e. The van der Waals surface area contributed by atoms with Gasteiger partial charge in [0.25, 0.3) is 0 Å². The van der Waals surface area contributed by atoms with Gasteiger partial charge in [-0.3, -0.25) is 4.68 Å². The van der Waals surface area contributed by atoms with Crippen molar-refractivity contribution in [2.45, 2.75) is 18.8 Å². The summed E-state index contributed by atoms with van der Waals surface area (Å²) in [5, 5.41) is 14.4. The summed E-state index contributed by atoms with van der Waals surface area (Å²) in [6.45, 7) is 1.26. The molecule has 2 aromatic rings. The Morgan fingerprint density at radius 3 is 2.79 bits per heavy atom. The van der Waals surface area contributed by atoms with E-state index in [0.29, 0.717) is 19.0 Å². The number of hydrogen-bond donors (Lipinski definition) is 1. The largest absolute Gasteiger partial charge is 0.465 e. The molecule has 0 spiro atoms. The molecule has 0 aliphatic carbocycles. The van der Waals surface area contributed by atoms with Gasteiger partial charge < -0.3 is 10.0 Å². The second-order valence-corrected chi connectivity index (χ2v) is 5.13. The molecule has 0 saturated carbocycles. The highest BCUT2D eigenvalue weighted by Crippen LogP contribution is 2.30. The number of piperidine rings is 1. The number of rotatable bonds is 1. The van der Waals surface area contributed by atoms with Gasteiger partial charge in [0.1, 0.15) is 0 Å². The topological polar surface area (TPSA) is 58.4 Å². The number of carboxylic acid groups (broad SMARTS) is 1. The van der Waals surface area contributed by atoms with E-state index in [1.165, 1.54) is 10.5 Å². The van der Waals surface area contributed by atoms with E-state index in [9.17, 15) is 4.79 Å². The monoisotopic (exact) mass is 259 g/mol. The molecular formula is C14H17N3O2. The Kier molecular flexibility index (Phi) is 2.89. The van der Waals surface area contributed by atoms with E-state index >= 15 is 0 Å². The van der Waals surface area contributed by atoms with Crippen LogP contribution in [0.4, 0.5) is 4.79 Å². The van der Waals surface area contributed by atoms with Gasteiger partial charge in [-0.2, -0.15) is 5.10 Å². The van der Waals surface area contributed by atoms with Crippen LogP contribution in [-0.2, 0) is 7.05 Å². The highest BCUT2D eigenvalue weighted by Gasteiger charge is 2.23. The summed E-state index contributed by atoms with van der Waals surface area (Å²) in [4.78, 5) is 12.4. The first-order chi connectivity index (χ1) is 9.15. The van der Waals surface area contributed by atoms with Crippen molar-refractivity contribution in [2.24, 2.45) is 7.05 Å². The molecule has 5 heteroatoms. The fourth-order valence-electron chi connectivity index (χ4n) is 2.84. The van der Waals surface area contributed by atoms with Gasteiger partial charge >= 0.3 is 6.09 Å². The van der Waals surface area contributed by atoms with Crippen molar-refractivity contribution in [2.75, 3.05) is 13.1 Å². The van der Waals surface area contributed by atoms with Crippen LogP contribution in [0.3, 0.4) is 0 Å². The second kappa shape index (κ2) is 4.57. The van der Waals surface area contributed by atoms with E-state index in [-0.39, 0.29) is 0 Å². The van der Waals surface area contributed by atoms with Crippen LogP contribution in [0.1, 0.15) is 24.3 Å². The molecule has 1 aliphatic rings. The Bertz CT molecular complexity index is 612. The molecule has 2 heterocycles. The third kappa shape index (κ3) is 2.16. The summed E-state index contributed by atoms with van der Waals surface area (Å²) in [6, 6.07) is 6.43. The molecule has 1 aromatic carbocycles. The first-order valence-electron chi connectivity index (χ1n) is 6.54. The summed E-state index contributed by atoms with van der Waals surface area (Å²) in [5.41, 5.74) is 2.43. The maximum atomic E-state index is 10.9. The van der Waals surface area contributed by atoms with Crippen LogP contribution in [0, 0.1) is 0 Å². The number of likely N-dealkylation sites (tertiary alicyclic amines) is 1. The van der Waals surface area contributed by atoms with Gasteiger partial charge in [0.15, 0.2) is 0 Å². The van der Waals surface area contributed by atoms with Crippen LogP contribution >= 0.6 is 0 Å². The lowest BCUT2D eigenvalue weighted by Crippen LogP contribution is -2.36. The molecule has 5 nitrogen and oxygen atoms in total. The first-order valence-corrected chi connectivity index (χ1v) is 6.54. The zero-order chi connectivity index (χ0) is 13.4. The van der Waals surface area contributed by atoms with Gasteiger partial charge in [0.05, 0.1) is 11.7 Å². The van der Waals surface area contributed by atoms with E-state index in [2.05, 4.69) is 23.3 Å². The van der Waals surface area contributed by atoms with Gasteiger partial charge in [0.2, 0.25) is 0 Å². The number of benzene rings is 1. The summed E-state index contributed by atoms with van der Waals surface area (Å²) in [6.07, 6.45) is 2.88. The summed E-state index contributed by atoms with van der Waals surface area (Å²) < 4.78 is 1.87. The Balaban J connectivity index is 1.80. The number of amides is 1. The van der Waals surface area contributed by atoms with Crippen LogP contribution < -0.4 is 0 Å². The standard InChI is InChI=1S/C14H17N3O2/c1-16-13-3-2-11(8-12(13)9-15-16)10-4-6-17(7-5-10)14(18)19/h2-3,8-10H,4-7H2,1H3,(H,18,19). The minimum atomic E-state index is -0.804. The third-order valence-electron chi connectivity index (χ3n) is 4.01. The minimum Gasteiger partial charge on any atom is -0.465 e. The van der Waals surface area contributed by atoms with E-state index in [0.717, 1.165) is 23.7 Å².